The molecular weight excluding hydrogens is 338 g/mol. The van der Waals surface area contributed by atoms with Crippen molar-refractivity contribution in [2.75, 3.05) is 39.8 Å². The number of fused-ring (bicyclic) bond motifs is 2. The van der Waals surface area contributed by atoms with Gasteiger partial charge in [0.05, 0.1) is 18.7 Å². The maximum Gasteiger partial charge on any atom is 0.234 e. The fourth-order valence-electron chi connectivity index (χ4n) is 5.52. The number of ether oxygens (including phenoxy) is 1. The van der Waals surface area contributed by atoms with Gasteiger partial charge in [0.25, 0.3) is 0 Å². The molecule has 1 aromatic rings. The zero-order valence-corrected chi connectivity index (χ0v) is 16.5. The van der Waals surface area contributed by atoms with Crippen LogP contribution in [-0.4, -0.2) is 56.7 Å². The van der Waals surface area contributed by atoms with Crippen molar-refractivity contribution in [2.24, 2.45) is 0 Å². The van der Waals surface area contributed by atoms with Crippen LogP contribution in [0.2, 0.25) is 0 Å². The van der Waals surface area contributed by atoms with E-state index in [-0.39, 0.29) is 23.5 Å². The number of piperidine rings is 1. The summed E-state index contributed by atoms with van der Waals surface area (Å²) < 4.78 is 6.05. The number of benzene rings is 1. The number of carbonyl (C=O) groups excluding carboxylic acids is 1. The second-order valence-electron chi connectivity index (χ2n) is 8.39. The van der Waals surface area contributed by atoms with Crippen molar-refractivity contribution in [1.29, 1.82) is 0 Å². The van der Waals surface area contributed by atoms with Crippen molar-refractivity contribution in [1.82, 2.24) is 15.5 Å². The average Bonchev–Trinajstić information content (AvgIpc) is 2.85. The van der Waals surface area contributed by atoms with Gasteiger partial charge in [-0.05, 0) is 63.0 Å². The fraction of sp³-hybridized carbons (Fsp3) is 0.682. The maximum absolute atomic E-state index is 12.9. The van der Waals surface area contributed by atoms with Crippen LogP contribution >= 0.6 is 0 Å². The molecule has 27 heavy (non-hydrogen) atoms. The molecule has 4 rings (SSSR count). The number of methoxy groups -OCH3 is 1. The average molecular weight is 372 g/mol. The van der Waals surface area contributed by atoms with Crippen LogP contribution in [0.25, 0.3) is 0 Å². The third kappa shape index (κ3) is 3.65. The van der Waals surface area contributed by atoms with E-state index in [0.717, 1.165) is 39.0 Å². The van der Waals surface area contributed by atoms with E-state index < -0.39 is 0 Å². The van der Waals surface area contributed by atoms with Crippen LogP contribution in [-0.2, 0) is 14.9 Å². The highest BCUT2D eigenvalue weighted by molar-refractivity contribution is 5.79. The first-order valence-corrected chi connectivity index (χ1v) is 10.6. The lowest BCUT2D eigenvalue weighted by Crippen LogP contribution is -2.50. The summed E-state index contributed by atoms with van der Waals surface area (Å²) in [6, 6.07) is 8.57. The van der Waals surface area contributed by atoms with Crippen molar-refractivity contribution in [3.05, 3.63) is 35.4 Å². The Morgan fingerprint density at radius 2 is 1.89 bits per heavy atom. The van der Waals surface area contributed by atoms with Crippen molar-refractivity contribution in [3.8, 4) is 0 Å². The summed E-state index contributed by atoms with van der Waals surface area (Å²) in [5, 5.41) is 6.83. The van der Waals surface area contributed by atoms with Crippen LogP contribution in [0.15, 0.2) is 24.3 Å². The number of hydrogen-bond acceptors (Lipinski definition) is 4. The van der Waals surface area contributed by atoms with E-state index in [4.69, 9.17) is 4.74 Å². The number of nitrogens with one attached hydrogen (secondary N) is 2. The second-order valence-corrected chi connectivity index (χ2v) is 8.39. The van der Waals surface area contributed by atoms with Crippen LogP contribution < -0.4 is 10.6 Å². The lowest BCUT2D eigenvalue weighted by molar-refractivity contribution is -0.124. The zero-order valence-electron chi connectivity index (χ0n) is 16.5. The number of nitrogens with zero attached hydrogens (tertiary/aromatic N) is 1. The van der Waals surface area contributed by atoms with Gasteiger partial charge in [0.15, 0.2) is 0 Å². The van der Waals surface area contributed by atoms with Crippen LogP contribution in [0.1, 0.15) is 55.7 Å². The Balaban J connectivity index is 1.53. The zero-order chi connectivity index (χ0) is 18.7. The minimum atomic E-state index is -0.0521. The molecule has 1 spiro atoms. The highest BCUT2D eigenvalue weighted by atomic mass is 16.5. The molecule has 0 radical (unpaired) electrons. The summed E-state index contributed by atoms with van der Waals surface area (Å²) in [6.07, 6.45) is 7.10. The lowest BCUT2D eigenvalue weighted by atomic mass is 9.72. The molecule has 0 unspecified atom stereocenters. The van der Waals surface area contributed by atoms with Gasteiger partial charge >= 0.3 is 0 Å². The smallest absolute Gasteiger partial charge is 0.234 e. The molecule has 2 saturated heterocycles. The Labute approximate surface area is 162 Å². The summed E-state index contributed by atoms with van der Waals surface area (Å²) in [4.78, 5) is 15.2. The van der Waals surface area contributed by atoms with Crippen LogP contribution in [0.4, 0.5) is 0 Å². The largest absolute Gasteiger partial charge is 0.378 e. The summed E-state index contributed by atoms with van der Waals surface area (Å²) in [6.45, 7) is 4.59. The maximum atomic E-state index is 12.9. The van der Waals surface area contributed by atoms with E-state index in [1.807, 2.05) is 0 Å². The molecule has 5 nitrogen and oxygen atoms in total. The highest BCUT2D eigenvalue weighted by Gasteiger charge is 2.53. The standard InChI is InChI=1S/C22H33N3O2/c1-27-21-20(24-19(26)16-25-14-6-2-3-7-15-25)17-8-4-5-9-18(17)22(21)10-12-23-13-11-22/h4-5,8-9,20-21,23H,2-3,6-7,10-16H2,1H3,(H,24,26)/t20-,21+/m1/s1. The van der Waals surface area contributed by atoms with E-state index in [1.54, 1.807) is 7.11 Å². The molecule has 5 heteroatoms. The third-order valence-electron chi connectivity index (χ3n) is 6.81. The number of likely N-dealkylation sites (tertiary alicyclic amines) is 1. The third-order valence-corrected chi connectivity index (χ3v) is 6.81. The Morgan fingerprint density at radius 3 is 2.59 bits per heavy atom. The monoisotopic (exact) mass is 371 g/mol. The number of rotatable bonds is 4. The summed E-state index contributed by atoms with van der Waals surface area (Å²) in [5.74, 6) is 0.129. The molecule has 2 heterocycles. The van der Waals surface area contributed by atoms with Crippen molar-refractivity contribution in [3.63, 3.8) is 0 Å². The number of amides is 1. The van der Waals surface area contributed by atoms with Gasteiger partial charge in [0, 0.05) is 12.5 Å². The molecule has 0 bridgehead atoms. The predicted molar refractivity (Wildman–Crippen MR) is 107 cm³/mol. The van der Waals surface area contributed by atoms with Crippen molar-refractivity contribution in [2.45, 2.75) is 56.1 Å². The molecule has 1 amide bonds. The van der Waals surface area contributed by atoms with Gasteiger partial charge in [-0.15, -0.1) is 0 Å². The SMILES string of the molecule is CO[C@H]1[C@H](NC(=O)CN2CCCCCC2)c2ccccc2C12CCNCC2. The van der Waals surface area contributed by atoms with Gasteiger partial charge in [-0.2, -0.15) is 0 Å². The molecule has 0 aromatic heterocycles. The Bertz CT molecular complexity index is 649. The molecule has 1 aromatic carbocycles. The van der Waals surface area contributed by atoms with E-state index >= 15 is 0 Å². The Hall–Kier alpha value is -1.43. The van der Waals surface area contributed by atoms with Gasteiger partial charge in [-0.1, -0.05) is 37.1 Å². The summed E-state index contributed by atoms with van der Waals surface area (Å²) in [5.41, 5.74) is 2.63. The normalized spacial score (nSPS) is 27.9. The van der Waals surface area contributed by atoms with Crippen molar-refractivity contribution < 1.29 is 9.53 Å². The fourth-order valence-corrected chi connectivity index (χ4v) is 5.52. The molecule has 2 aliphatic heterocycles. The van der Waals surface area contributed by atoms with Crippen molar-refractivity contribution >= 4 is 5.91 Å². The van der Waals surface area contributed by atoms with E-state index in [0.29, 0.717) is 6.54 Å². The molecule has 148 valence electrons. The quantitative estimate of drug-likeness (QED) is 0.853. The summed E-state index contributed by atoms with van der Waals surface area (Å²) >= 11 is 0. The number of hydrogen-bond donors (Lipinski definition) is 2. The Morgan fingerprint density at radius 1 is 1.19 bits per heavy atom. The lowest BCUT2D eigenvalue weighted by Gasteiger charge is -2.40. The predicted octanol–water partition coefficient (Wildman–Crippen LogP) is 2.37. The molecule has 2 fully saturated rings. The molecule has 3 aliphatic rings. The molecule has 2 atom stereocenters. The minimum absolute atomic E-state index is 0.00471. The molecule has 2 N–H and O–H groups in total. The molecule has 1 aliphatic carbocycles. The van der Waals surface area contributed by atoms with Crippen LogP contribution in [0, 0.1) is 0 Å². The van der Waals surface area contributed by atoms with E-state index in [9.17, 15) is 4.79 Å². The van der Waals surface area contributed by atoms with Gasteiger partial charge in [-0.25, -0.2) is 0 Å². The van der Waals surface area contributed by atoms with Gasteiger partial charge in [0.1, 0.15) is 0 Å². The van der Waals surface area contributed by atoms with E-state index in [1.165, 1.54) is 36.8 Å². The first-order chi connectivity index (χ1) is 13.2. The number of carbonyl (C=O) groups is 1. The first-order valence-electron chi connectivity index (χ1n) is 10.6. The Kier molecular flexibility index (Phi) is 5.81. The molecule has 0 saturated carbocycles. The van der Waals surface area contributed by atoms with Gasteiger partial charge in [0.2, 0.25) is 5.91 Å². The second kappa shape index (κ2) is 8.29. The first kappa shape index (κ1) is 18.9. The van der Waals surface area contributed by atoms with Crippen LogP contribution in [0.5, 0.6) is 0 Å². The van der Waals surface area contributed by atoms with Gasteiger partial charge < -0.3 is 15.4 Å². The minimum Gasteiger partial charge on any atom is -0.378 e. The molecular formula is C22H33N3O2. The summed E-state index contributed by atoms with van der Waals surface area (Å²) in [7, 11) is 1.80. The van der Waals surface area contributed by atoms with E-state index in [2.05, 4.69) is 39.8 Å². The van der Waals surface area contributed by atoms with Gasteiger partial charge in [-0.3, -0.25) is 9.69 Å². The van der Waals surface area contributed by atoms with Crippen LogP contribution in [0.3, 0.4) is 0 Å². The highest BCUT2D eigenvalue weighted by Crippen LogP contribution is 2.51. The topological polar surface area (TPSA) is 53.6 Å².